The van der Waals surface area contributed by atoms with Crippen LogP contribution in [-0.4, -0.2) is 16.0 Å². The zero-order valence-corrected chi connectivity index (χ0v) is 19.5. The predicted octanol–water partition coefficient (Wildman–Crippen LogP) is 6.80. The number of thioether (sulfide) groups is 1. The number of carbonyl (C=O) groups excluding carboxylic acids is 1. The van der Waals surface area contributed by atoms with Crippen molar-refractivity contribution in [2.24, 2.45) is 4.99 Å². The Bertz CT molecular complexity index is 1380. The van der Waals surface area contributed by atoms with Crippen molar-refractivity contribution < 1.29 is 18.3 Å². The lowest BCUT2D eigenvalue weighted by Gasteiger charge is -2.13. The molecule has 1 fully saturated rings. The Labute approximate surface area is 206 Å². The van der Waals surface area contributed by atoms with Crippen molar-refractivity contribution in [1.82, 2.24) is 4.90 Å². The number of amides is 1. The Hall–Kier alpha value is -4.10. The first-order chi connectivity index (χ1) is 17.2. The number of carbonyl (C=O) groups is 1. The summed E-state index contributed by atoms with van der Waals surface area (Å²) in [7, 11) is 0. The second-order valence-electron chi connectivity index (χ2n) is 7.76. The van der Waals surface area contributed by atoms with E-state index >= 15 is 0 Å². The molecule has 7 heteroatoms. The van der Waals surface area contributed by atoms with Gasteiger partial charge in [-0.15, -0.1) is 0 Å². The van der Waals surface area contributed by atoms with Crippen molar-refractivity contribution in [3.8, 4) is 5.75 Å². The highest BCUT2D eigenvalue weighted by Gasteiger charge is 2.34. The van der Waals surface area contributed by atoms with Crippen molar-refractivity contribution in [2.45, 2.75) is 13.2 Å². The summed E-state index contributed by atoms with van der Waals surface area (Å²) in [5.41, 5.74) is 2.04. The van der Waals surface area contributed by atoms with Crippen LogP contribution in [0.25, 0.3) is 6.08 Å². The first-order valence-electron chi connectivity index (χ1n) is 11.0. The zero-order chi connectivity index (χ0) is 24.0. The van der Waals surface area contributed by atoms with Gasteiger partial charge < -0.3 is 9.15 Å². The molecule has 0 aliphatic carbocycles. The van der Waals surface area contributed by atoms with Crippen LogP contribution in [0.2, 0.25) is 0 Å². The van der Waals surface area contributed by atoms with Crippen molar-refractivity contribution in [2.75, 3.05) is 0 Å². The van der Waals surface area contributed by atoms with E-state index in [9.17, 15) is 9.18 Å². The normalized spacial score (nSPS) is 15.8. The number of benzene rings is 3. The van der Waals surface area contributed by atoms with E-state index in [1.54, 1.807) is 41.5 Å². The first-order valence-corrected chi connectivity index (χ1v) is 11.8. The molecular formula is C28H21FN2O3S. The maximum atomic E-state index is 13.9. The van der Waals surface area contributed by atoms with Crippen LogP contribution in [0.3, 0.4) is 0 Å². The van der Waals surface area contributed by atoms with Gasteiger partial charge in [0.2, 0.25) is 0 Å². The van der Waals surface area contributed by atoms with Crippen LogP contribution in [0.5, 0.6) is 5.75 Å². The highest BCUT2D eigenvalue weighted by atomic mass is 32.2. The summed E-state index contributed by atoms with van der Waals surface area (Å²) in [5.74, 6) is 0.799. The van der Waals surface area contributed by atoms with Crippen LogP contribution in [0.15, 0.2) is 112 Å². The molecule has 35 heavy (non-hydrogen) atoms. The Morgan fingerprint density at radius 2 is 1.80 bits per heavy atom. The van der Waals surface area contributed by atoms with Gasteiger partial charge in [-0.2, -0.15) is 0 Å². The van der Waals surface area contributed by atoms with E-state index < -0.39 is 0 Å². The summed E-state index contributed by atoms with van der Waals surface area (Å²) in [6.07, 6.45) is 3.40. The molecule has 1 amide bonds. The van der Waals surface area contributed by atoms with Crippen molar-refractivity contribution in [3.63, 3.8) is 0 Å². The summed E-state index contributed by atoms with van der Waals surface area (Å²) in [4.78, 5) is 20.2. The highest BCUT2D eigenvalue weighted by Crippen LogP contribution is 2.35. The number of amidine groups is 1. The van der Waals surface area contributed by atoms with Crippen molar-refractivity contribution in [1.29, 1.82) is 0 Å². The maximum absolute atomic E-state index is 13.9. The van der Waals surface area contributed by atoms with E-state index in [1.807, 2.05) is 60.7 Å². The fourth-order valence-electron chi connectivity index (χ4n) is 3.52. The molecule has 4 aromatic rings. The van der Waals surface area contributed by atoms with Crippen LogP contribution in [-0.2, 0) is 17.9 Å². The van der Waals surface area contributed by atoms with Gasteiger partial charge >= 0.3 is 0 Å². The minimum Gasteiger partial charge on any atom is -0.489 e. The number of rotatable bonds is 7. The smallest absolute Gasteiger partial charge is 0.267 e. The molecule has 0 bridgehead atoms. The van der Waals surface area contributed by atoms with Gasteiger partial charge in [0.25, 0.3) is 5.91 Å². The second kappa shape index (κ2) is 10.4. The summed E-state index contributed by atoms with van der Waals surface area (Å²) >= 11 is 1.31. The summed E-state index contributed by atoms with van der Waals surface area (Å²) in [5, 5.41) is 0.579. The number of furan rings is 1. The van der Waals surface area contributed by atoms with E-state index in [2.05, 4.69) is 0 Å². The Balaban J connectivity index is 1.39. The lowest BCUT2D eigenvalue weighted by Crippen LogP contribution is -2.28. The standard InChI is InChI=1S/C28H21FN2O3S/c29-25-14-5-4-9-21(25)19-34-23-12-6-8-20(16-23)17-26-27(32)31(18-24-13-7-15-33-24)28(35-26)30-22-10-2-1-3-11-22/h1-17H,18-19H2. The minimum atomic E-state index is -0.305. The lowest BCUT2D eigenvalue weighted by atomic mass is 10.2. The highest BCUT2D eigenvalue weighted by molar-refractivity contribution is 8.18. The zero-order valence-electron chi connectivity index (χ0n) is 18.6. The molecule has 0 radical (unpaired) electrons. The number of aliphatic imine (C=N–C) groups is 1. The molecule has 5 nitrogen and oxygen atoms in total. The molecule has 5 rings (SSSR count). The Morgan fingerprint density at radius 3 is 2.60 bits per heavy atom. The van der Waals surface area contributed by atoms with Gasteiger partial charge in [0.1, 0.15) is 23.9 Å². The molecule has 2 heterocycles. The molecule has 1 aliphatic heterocycles. The van der Waals surface area contributed by atoms with Gasteiger partial charge in [-0.05, 0) is 65.9 Å². The SMILES string of the molecule is O=C1C(=Cc2cccc(OCc3ccccc3F)c2)SC(=Nc2ccccc2)N1Cc1ccco1. The number of nitrogens with zero attached hydrogens (tertiary/aromatic N) is 2. The molecule has 1 aliphatic rings. The van der Waals surface area contributed by atoms with Gasteiger partial charge in [0.05, 0.1) is 23.4 Å². The van der Waals surface area contributed by atoms with Crippen LogP contribution in [0, 0.1) is 5.82 Å². The third kappa shape index (κ3) is 5.53. The molecular weight excluding hydrogens is 463 g/mol. The molecule has 0 spiro atoms. The minimum absolute atomic E-state index is 0.116. The van der Waals surface area contributed by atoms with Gasteiger partial charge in [-0.3, -0.25) is 9.69 Å². The summed E-state index contributed by atoms with van der Waals surface area (Å²) in [6.45, 7) is 0.402. The van der Waals surface area contributed by atoms with E-state index in [1.165, 1.54) is 17.8 Å². The van der Waals surface area contributed by atoms with Crippen LogP contribution < -0.4 is 4.74 Å². The summed E-state index contributed by atoms with van der Waals surface area (Å²) < 4.78 is 25.1. The quantitative estimate of drug-likeness (QED) is 0.271. The van der Waals surface area contributed by atoms with E-state index in [-0.39, 0.29) is 24.9 Å². The lowest BCUT2D eigenvalue weighted by molar-refractivity contribution is -0.122. The molecule has 3 aromatic carbocycles. The number of hydrogen-bond acceptors (Lipinski definition) is 5. The Kier molecular flexibility index (Phi) is 6.77. The van der Waals surface area contributed by atoms with E-state index in [0.29, 0.717) is 27.1 Å². The first kappa shape index (κ1) is 22.7. The molecule has 174 valence electrons. The monoisotopic (exact) mass is 484 g/mol. The number of hydrogen-bond donors (Lipinski definition) is 0. The number of para-hydroxylation sites is 1. The predicted molar refractivity (Wildman–Crippen MR) is 136 cm³/mol. The topological polar surface area (TPSA) is 55.0 Å². The van der Waals surface area contributed by atoms with Crippen LogP contribution >= 0.6 is 11.8 Å². The molecule has 0 atom stereocenters. The molecule has 1 saturated heterocycles. The van der Waals surface area contributed by atoms with Crippen LogP contribution in [0.4, 0.5) is 10.1 Å². The summed E-state index contributed by atoms with van der Waals surface area (Å²) in [6, 6.07) is 27.0. The number of ether oxygens (including phenoxy) is 1. The second-order valence-corrected chi connectivity index (χ2v) is 8.77. The fourth-order valence-corrected chi connectivity index (χ4v) is 4.52. The largest absolute Gasteiger partial charge is 0.489 e. The van der Waals surface area contributed by atoms with E-state index in [4.69, 9.17) is 14.1 Å². The van der Waals surface area contributed by atoms with Gasteiger partial charge in [0.15, 0.2) is 5.17 Å². The number of halogens is 1. The van der Waals surface area contributed by atoms with Crippen molar-refractivity contribution >= 4 is 34.6 Å². The molecule has 0 N–H and O–H groups in total. The average Bonchev–Trinajstić information content (AvgIpc) is 3.49. The van der Waals surface area contributed by atoms with Gasteiger partial charge in [-0.1, -0.05) is 48.5 Å². The van der Waals surface area contributed by atoms with Gasteiger partial charge in [0, 0.05) is 5.56 Å². The third-order valence-electron chi connectivity index (χ3n) is 5.27. The molecule has 1 aromatic heterocycles. The molecule has 0 unspecified atom stereocenters. The maximum Gasteiger partial charge on any atom is 0.267 e. The van der Waals surface area contributed by atoms with E-state index in [0.717, 1.165) is 11.3 Å². The van der Waals surface area contributed by atoms with Gasteiger partial charge in [-0.25, -0.2) is 9.38 Å². The Morgan fingerprint density at radius 1 is 0.971 bits per heavy atom. The van der Waals surface area contributed by atoms with Crippen LogP contribution in [0.1, 0.15) is 16.9 Å². The fraction of sp³-hybridized carbons (Fsp3) is 0.0714. The third-order valence-corrected chi connectivity index (χ3v) is 6.28. The average molecular weight is 485 g/mol. The molecule has 0 saturated carbocycles. The van der Waals surface area contributed by atoms with Crippen molar-refractivity contribution in [3.05, 3.63) is 125 Å².